The number of carbonyl (C=O) groups is 1. The lowest BCUT2D eigenvalue weighted by molar-refractivity contribution is 0.0788. The minimum absolute atomic E-state index is 0.0880. The highest BCUT2D eigenvalue weighted by Crippen LogP contribution is 2.19. The number of rotatable bonds is 2. The van der Waals surface area contributed by atoms with Gasteiger partial charge in [-0.1, -0.05) is 0 Å². The van der Waals surface area contributed by atoms with Gasteiger partial charge in [-0.05, 0) is 24.5 Å². The average Bonchev–Trinajstić information content (AvgIpc) is 2.78. The van der Waals surface area contributed by atoms with Gasteiger partial charge in [-0.3, -0.25) is 9.78 Å². The van der Waals surface area contributed by atoms with Gasteiger partial charge in [0.05, 0.1) is 0 Å². The van der Waals surface area contributed by atoms with Gasteiger partial charge in [0.1, 0.15) is 0 Å². The molecule has 1 aromatic heterocycles. The number of likely N-dealkylation sites (tertiary alicyclic amines) is 1. The average molecular weight is 225 g/mol. The van der Waals surface area contributed by atoms with Crippen LogP contribution in [0.1, 0.15) is 16.8 Å². The molecule has 1 atom stereocenters. The third kappa shape index (κ3) is 2.29. The summed E-state index contributed by atoms with van der Waals surface area (Å²) >= 11 is 5.78. The molecule has 1 aliphatic heterocycles. The van der Waals surface area contributed by atoms with Crippen molar-refractivity contribution in [2.24, 2.45) is 5.92 Å². The zero-order chi connectivity index (χ0) is 10.7. The molecule has 0 radical (unpaired) electrons. The number of hydrogen-bond donors (Lipinski definition) is 0. The van der Waals surface area contributed by atoms with Crippen LogP contribution in [0.3, 0.4) is 0 Å². The Hall–Kier alpha value is -1.09. The van der Waals surface area contributed by atoms with E-state index < -0.39 is 0 Å². The standard InChI is InChI=1S/C11H13ClN2O/c12-7-9-3-6-14(8-9)11(15)10-1-4-13-5-2-10/h1-2,4-5,9H,3,6-8H2. The monoisotopic (exact) mass is 224 g/mol. The van der Waals surface area contributed by atoms with Crippen molar-refractivity contribution in [2.75, 3.05) is 19.0 Å². The fourth-order valence-corrected chi connectivity index (χ4v) is 2.07. The van der Waals surface area contributed by atoms with E-state index in [4.69, 9.17) is 11.6 Å². The summed E-state index contributed by atoms with van der Waals surface area (Å²) in [6, 6.07) is 3.49. The Kier molecular flexibility index (Phi) is 3.21. The second kappa shape index (κ2) is 4.62. The smallest absolute Gasteiger partial charge is 0.253 e. The summed E-state index contributed by atoms with van der Waals surface area (Å²) in [4.78, 5) is 17.7. The van der Waals surface area contributed by atoms with Crippen molar-refractivity contribution in [3.05, 3.63) is 30.1 Å². The molecule has 0 aliphatic carbocycles. The van der Waals surface area contributed by atoms with Crippen LogP contribution in [-0.2, 0) is 0 Å². The minimum Gasteiger partial charge on any atom is -0.338 e. The van der Waals surface area contributed by atoms with Crippen molar-refractivity contribution in [3.63, 3.8) is 0 Å². The van der Waals surface area contributed by atoms with Crippen LogP contribution >= 0.6 is 11.6 Å². The summed E-state index contributed by atoms with van der Waals surface area (Å²) in [5.74, 6) is 1.18. The van der Waals surface area contributed by atoms with Crippen LogP contribution in [0.25, 0.3) is 0 Å². The molecule has 0 bridgehead atoms. The molecule has 1 aliphatic rings. The third-order valence-corrected chi connectivity index (χ3v) is 3.15. The molecule has 1 aromatic rings. The van der Waals surface area contributed by atoms with Gasteiger partial charge in [0, 0.05) is 36.9 Å². The Bertz CT molecular complexity index is 342. The molecular formula is C11H13ClN2O. The van der Waals surface area contributed by atoms with Crippen LogP contribution in [0.4, 0.5) is 0 Å². The summed E-state index contributed by atoms with van der Waals surface area (Å²) in [7, 11) is 0. The van der Waals surface area contributed by atoms with Crippen molar-refractivity contribution in [2.45, 2.75) is 6.42 Å². The van der Waals surface area contributed by atoms with Crippen molar-refractivity contribution in [1.82, 2.24) is 9.88 Å². The largest absolute Gasteiger partial charge is 0.338 e. The molecule has 1 fully saturated rings. The molecule has 1 saturated heterocycles. The first-order valence-electron chi connectivity index (χ1n) is 5.06. The molecule has 80 valence electrons. The Morgan fingerprint density at radius 1 is 1.53 bits per heavy atom. The Balaban J connectivity index is 2.04. The number of hydrogen-bond acceptors (Lipinski definition) is 2. The van der Waals surface area contributed by atoms with E-state index in [-0.39, 0.29) is 5.91 Å². The van der Waals surface area contributed by atoms with Crippen LogP contribution in [0.5, 0.6) is 0 Å². The maximum absolute atomic E-state index is 12.0. The normalized spacial score (nSPS) is 20.6. The van der Waals surface area contributed by atoms with Gasteiger partial charge >= 0.3 is 0 Å². The number of amides is 1. The molecule has 0 saturated carbocycles. The first-order chi connectivity index (χ1) is 7.31. The first-order valence-corrected chi connectivity index (χ1v) is 5.60. The fourth-order valence-electron chi connectivity index (χ4n) is 1.82. The Labute approximate surface area is 94.1 Å². The van der Waals surface area contributed by atoms with Gasteiger partial charge in [0.15, 0.2) is 0 Å². The topological polar surface area (TPSA) is 33.2 Å². The maximum atomic E-state index is 12.0. The number of nitrogens with zero attached hydrogens (tertiary/aromatic N) is 2. The Morgan fingerprint density at radius 3 is 2.87 bits per heavy atom. The zero-order valence-corrected chi connectivity index (χ0v) is 9.15. The second-order valence-corrected chi connectivity index (χ2v) is 4.10. The third-order valence-electron chi connectivity index (χ3n) is 2.72. The van der Waals surface area contributed by atoms with Gasteiger partial charge in [-0.25, -0.2) is 0 Å². The predicted molar refractivity (Wildman–Crippen MR) is 59.0 cm³/mol. The van der Waals surface area contributed by atoms with Gasteiger partial charge < -0.3 is 4.90 Å². The maximum Gasteiger partial charge on any atom is 0.253 e. The number of halogens is 1. The van der Waals surface area contributed by atoms with E-state index in [9.17, 15) is 4.79 Å². The number of pyridine rings is 1. The molecule has 3 nitrogen and oxygen atoms in total. The number of aromatic nitrogens is 1. The highest BCUT2D eigenvalue weighted by molar-refractivity contribution is 6.18. The van der Waals surface area contributed by atoms with Crippen LogP contribution < -0.4 is 0 Å². The quantitative estimate of drug-likeness (QED) is 0.718. The van der Waals surface area contributed by atoms with Gasteiger partial charge in [0.25, 0.3) is 5.91 Å². The van der Waals surface area contributed by atoms with Gasteiger partial charge in [-0.2, -0.15) is 0 Å². The van der Waals surface area contributed by atoms with Crippen molar-refractivity contribution < 1.29 is 4.79 Å². The first kappa shape index (κ1) is 10.4. The summed E-state index contributed by atoms with van der Waals surface area (Å²) in [5, 5.41) is 0. The van der Waals surface area contributed by atoms with Crippen molar-refractivity contribution >= 4 is 17.5 Å². The highest BCUT2D eigenvalue weighted by Gasteiger charge is 2.25. The van der Waals surface area contributed by atoms with E-state index in [1.165, 1.54) is 0 Å². The van der Waals surface area contributed by atoms with E-state index in [2.05, 4.69) is 4.98 Å². The predicted octanol–water partition coefficient (Wildman–Crippen LogP) is 1.78. The Morgan fingerprint density at radius 2 is 2.27 bits per heavy atom. The molecule has 2 heterocycles. The van der Waals surface area contributed by atoms with Crippen LogP contribution in [0, 0.1) is 5.92 Å². The molecular weight excluding hydrogens is 212 g/mol. The molecule has 15 heavy (non-hydrogen) atoms. The summed E-state index contributed by atoms with van der Waals surface area (Å²) < 4.78 is 0. The lowest BCUT2D eigenvalue weighted by Gasteiger charge is -2.15. The van der Waals surface area contributed by atoms with Crippen LogP contribution in [0.2, 0.25) is 0 Å². The number of carbonyl (C=O) groups excluding carboxylic acids is 1. The lowest BCUT2D eigenvalue weighted by atomic mass is 10.2. The molecule has 1 unspecified atom stereocenters. The molecule has 2 rings (SSSR count). The van der Waals surface area contributed by atoms with Crippen molar-refractivity contribution in [1.29, 1.82) is 0 Å². The zero-order valence-electron chi connectivity index (χ0n) is 8.40. The van der Waals surface area contributed by atoms with E-state index in [1.807, 2.05) is 4.90 Å². The second-order valence-electron chi connectivity index (χ2n) is 3.80. The molecule has 1 amide bonds. The van der Waals surface area contributed by atoms with E-state index in [0.29, 0.717) is 17.4 Å². The number of alkyl halides is 1. The van der Waals surface area contributed by atoms with E-state index in [1.54, 1.807) is 24.5 Å². The fraction of sp³-hybridized carbons (Fsp3) is 0.455. The molecule has 0 spiro atoms. The van der Waals surface area contributed by atoms with Crippen molar-refractivity contribution in [3.8, 4) is 0 Å². The summed E-state index contributed by atoms with van der Waals surface area (Å²) in [6.45, 7) is 1.60. The molecule has 4 heteroatoms. The molecule has 0 N–H and O–H groups in total. The van der Waals surface area contributed by atoms with E-state index >= 15 is 0 Å². The van der Waals surface area contributed by atoms with Gasteiger partial charge in [0.2, 0.25) is 0 Å². The SMILES string of the molecule is O=C(c1ccncc1)N1CCC(CCl)C1. The van der Waals surface area contributed by atoms with Crippen LogP contribution in [-0.4, -0.2) is 34.8 Å². The summed E-state index contributed by atoms with van der Waals surface area (Å²) in [5.41, 5.74) is 0.709. The lowest BCUT2D eigenvalue weighted by Crippen LogP contribution is -2.28. The molecule has 0 aromatic carbocycles. The highest BCUT2D eigenvalue weighted by atomic mass is 35.5. The van der Waals surface area contributed by atoms with Crippen LogP contribution in [0.15, 0.2) is 24.5 Å². The summed E-state index contributed by atoms with van der Waals surface area (Å²) in [6.07, 6.45) is 4.30. The van der Waals surface area contributed by atoms with Gasteiger partial charge in [-0.15, -0.1) is 11.6 Å². The van der Waals surface area contributed by atoms with E-state index in [0.717, 1.165) is 19.5 Å². The minimum atomic E-state index is 0.0880.